The number of carboxylic acid groups (broad SMARTS) is 1. The summed E-state index contributed by atoms with van der Waals surface area (Å²) in [5.41, 5.74) is 2.64. The van der Waals surface area contributed by atoms with E-state index in [0.717, 1.165) is 34.9 Å². The van der Waals surface area contributed by atoms with E-state index in [1.165, 1.54) is 35.8 Å². The van der Waals surface area contributed by atoms with Crippen molar-refractivity contribution in [1.29, 1.82) is 0 Å². The van der Waals surface area contributed by atoms with Gasteiger partial charge in [-0.05, 0) is 78.3 Å². The van der Waals surface area contributed by atoms with Crippen LogP contribution in [0.3, 0.4) is 0 Å². The molecular formula is C30H23ClF4N2O4S. The Hall–Kier alpha value is -3.83. The highest BCUT2D eigenvalue weighted by Crippen LogP contribution is 2.48. The van der Waals surface area contributed by atoms with E-state index in [9.17, 15) is 27.5 Å². The predicted octanol–water partition coefficient (Wildman–Crippen LogP) is 8.26. The molecular weight excluding hydrogens is 596 g/mol. The number of aromatic carboxylic acids is 1. The highest BCUT2D eigenvalue weighted by molar-refractivity contribution is 7.06. The molecule has 12 heteroatoms. The second-order valence-electron chi connectivity index (χ2n) is 10.3. The van der Waals surface area contributed by atoms with Crippen molar-refractivity contribution in [2.75, 3.05) is 18.0 Å². The number of ether oxygens (including phenoxy) is 2. The van der Waals surface area contributed by atoms with Crippen molar-refractivity contribution < 1.29 is 36.9 Å². The van der Waals surface area contributed by atoms with Gasteiger partial charge >= 0.3 is 12.3 Å². The van der Waals surface area contributed by atoms with Crippen molar-refractivity contribution in [3.8, 4) is 22.8 Å². The number of para-hydroxylation sites is 1. The van der Waals surface area contributed by atoms with E-state index in [4.69, 9.17) is 16.3 Å². The monoisotopic (exact) mass is 618 g/mol. The molecule has 0 amide bonds. The molecule has 2 aliphatic rings. The van der Waals surface area contributed by atoms with E-state index in [2.05, 4.69) is 9.11 Å². The van der Waals surface area contributed by atoms with Gasteiger partial charge < -0.3 is 19.5 Å². The third kappa shape index (κ3) is 6.03. The van der Waals surface area contributed by atoms with E-state index >= 15 is 0 Å². The van der Waals surface area contributed by atoms with Crippen LogP contribution in [0.2, 0.25) is 5.02 Å². The summed E-state index contributed by atoms with van der Waals surface area (Å²) in [5, 5.41) is 9.69. The fourth-order valence-corrected chi connectivity index (χ4v) is 6.44. The molecule has 0 radical (unpaired) electrons. The SMILES string of the molecule is O=C(O)c1cc(F)cc(N2CC(c3ccc(OCc4c(-c5ccccc5OC(F)(F)F)nsc4C4CC4)cc3Cl)C2)c1. The minimum absolute atomic E-state index is 0.0578. The standard InChI is InChI=1S/C30H23ClF4N2O4S/c31-25-12-21(7-8-22(25)18-13-37(14-18)20-10-17(29(38)39)9-19(32)11-20)40-15-24-27(36-42-28(24)16-5-6-16)23-3-1-2-4-26(23)41-30(33,34)35/h1-4,7-12,16,18H,5-6,13-15H2,(H,38,39). The van der Waals surface area contributed by atoms with Crippen molar-refractivity contribution in [2.45, 2.75) is 37.6 Å². The third-order valence-electron chi connectivity index (χ3n) is 7.31. The second kappa shape index (κ2) is 11.1. The maximum Gasteiger partial charge on any atom is 0.573 e. The topological polar surface area (TPSA) is 71.9 Å². The predicted molar refractivity (Wildman–Crippen MR) is 150 cm³/mol. The van der Waals surface area contributed by atoms with Gasteiger partial charge in [0, 0.05) is 45.7 Å². The number of rotatable bonds is 9. The fourth-order valence-electron chi connectivity index (χ4n) is 5.07. The molecule has 218 valence electrons. The Balaban J connectivity index is 1.17. The maximum atomic E-state index is 13.9. The number of carboxylic acids is 1. The Bertz CT molecular complexity index is 1650. The van der Waals surface area contributed by atoms with Gasteiger partial charge in [-0.15, -0.1) is 13.2 Å². The van der Waals surface area contributed by atoms with Crippen molar-refractivity contribution in [3.05, 3.63) is 93.1 Å². The summed E-state index contributed by atoms with van der Waals surface area (Å²) in [6, 6.07) is 15.0. The summed E-state index contributed by atoms with van der Waals surface area (Å²) in [4.78, 5) is 14.1. The highest BCUT2D eigenvalue weighted by Gasteiger charge is 2.35. The van der Waals surface area contributed by atoms with Crippen LogP contribution in [0, 0.1) is 5.82 Å². The number of hydrogen-bond acceptors (Lipinski definition) is 6. The number of aromatic nitrogens is 1. The first-order valence-electron chi connectivity index (χ1n) is 13.1. The summed E-state index contributed by atoms with van der Waals surface area (Å²) in [7, 11) is 0. The Morgan fingerprint density at radius 3 is 2.52 bits per heavy atom. The Morgan fingerprint density at radius 1 is 1.07 bits per heavy atom. The molecule has 0 atom stereocenters. The fraction of sp³-hybridized carbons (Fsp3) is 0.267. The average Bonchev–Trinajstić information content (AvgIpc) is 3.66. The lowest BCUT2D eigenvalue weighted by Crippen LogP contribution is -2.45. The normalized spacial score (nSPS) is 15.4. The lowest BCUT2D eigenvalue weighted by Gasteiger charge is -2.41. The van der Waals surface area contributed by atoms with E-state index in [0.29, 0.717) is 41.2 Å². The molecule has 2 heterocycles. The minimum atomic E-state index is -4.84. The lowest BCUT2D eigenvalue weighted by atomic mass is 9.90. The number of hydrogen-bond donors (Lipinski definition) is 1. The van der Waals surface area contributed by atoms with E-state index in [1.54, 1.807) is 24.3 Å². The van der Waals surface area contributed by atoms with Gasteiger partial charge in [0.1, 0.15) is 23.9 Å². The maximum absolute atomic E-state index is 13.9. The van der Waals surface area contributed by atoms with E-state index < -0.39 is 18.1 Å². The zero-order valence-electron chi connectivity index (χ0n) is 21.8. The second-order valence-corrected chi connectivity index (χ2v) is 11.5. The van der Waals surface area contributed by atoms with E-state index in [1.807, 2.05) is 11.0 Å². The zero-order chi connectivity index (χ0) is 29.6. The summed E-state index contributed by atoms with van der Waals surface area (Å²) >= 11 is 7.89. The van der Waals surface area contributed by atoms with Crippen LogP contribution in [0.5, 0.6) is 11.5 Å². The van der Waals surface area contributed by atoms with Crippen LogP contribution in [0.1, 0.15) is 51.0 Å². The van der Waals surface area contributed by atoms with Crippen LogP contribution in [-0.2, 0) is 6.61 Å². The highest BCUT2D eigenvalue weighted by atomic mass is 35.5. The van der Waals surface area contributed by atoms with Gasteiger partial charge in [-0.1, -0.05) is 29.8 Å². The van der Waals surface area contributed by atoms with Gasteiger partial charge in [0.2, 0.25) is 0 Å². The largest absolute Gasteiger partial charge is 0.573 e. The number of alkyl halides is 3. The number of benzene rings is 3. The van der Waals surface area contributed by atoms with Gasteiger partial charge in [-0.25, -0.2) is 9.18 Å². The summed E-state index contributed by atoms with van der Waals surface area (Å²) in [6.07, 6.45) is -2.86. The van der Waals surface area contributed by atoms with Gasteiger partial charge in [0.15, 0.2) is 0 Å². The first-order valence-corrected chi connectivity index (χ1v) is 14.3. The molecule has 1 aliphatic carbocycles. The smallest absolute Gasteiger partial charge is 0.489 e. The van der Waals surface area contributed by atoms with Crippen LogP contribution in [0.15, 0.2) is 60.7 Å². The molecule has 6 rings (SSSR count). The molecule has 1 saturated heterocycles. The molecule has 0 spiro atoms. The molecule has 6 nitrogen and oxygen atoms in total. The number of nitrogens with zero attached hydrogens (tertiary/aromatic N) is 2. The van der Waals surface area contributed by atoms with Crippen molar-refractivity contribution >= 4 is 34.8 Å². The van der Waals surface area contributed by atoms with Gasteiger partial charge in [0.05, 0.1) is 11.3 Å². The molecule has 1 N–H and O–H groups in total. The minimum Gasteiger partial charge on any atom is -0.489 e. The summed E-state index contributed by atoms with van der Waals surface area (Å²) in [6.45, 7) is 1.17. The van der Waals surface area contributed by atoms with Crippen molar-refractivity contribution in [1.82, 2.24) is 4.37 Å². The van der Waals surface area contributed by atoms with Gasteiger partial charge in [0.25, 0.3) is 0 Å². The molecule has 1 aliphatic heterocycles. The van der Waals surface area contributed by atoms with Crippen LogP contribution in [0.4, 0.5) is 23.2 Å². The van der Waals surface area contributed by atoms with Crippen LogP contribution >= 0.6 is 23.1 Å². The molecule has 2 fully saturated rings. The Labute approximate surface area is 247 Å². The molecule has 1 aromatic heterocycles. The first-order chi connectivity index (χ1) is 20.1. The van der Waals surface area contributed by atoms with Crippen LogP contribution in [-0.4, -0.2) is 34.9 Å². The first kappa shape index (κ1) is 28.3. The van der Waals surface area contributed by atoms with Crippen LogP contribution in [0.25, 0.3) is 11.3 Å². The van der Waals surface area contributed by atoms with Gasteiger partial charge in [-0.2, -0.15) is 4.37 Å². The molecule has 0 bridgehead atoms. The van der Waals surface area contributed by atoms with E-state index in [-0.39, 0.29) is 29.4 Å². The summed E-state index contributed by atoms with van der Waals surface area (Å²) < 4.78 is 68.0. The Morgan fingerprint density at radius 2 is 1.83 bits per heavy atom. The molecule has 0 unspecified atom stereocenters. The Kier molecular flexibility index (Phi) is 7.48. The zero-order valence-corrected chi connectivity index (χ0v) is 23.4. The quantitative estimate of drug-likeness (QED) is 0.190. The number of carbonyl (C=O) groups is 1. The lowest BCUT2D eigenvalue weighted by molar-refractivity contribution is -0.274. The summed E-state index contributed by atoms with van der Waals surface area (Å²) in [5.74, 6) is -1.27. The molecule has 42 heavy (non-hydrogen) atoms. The molecule has 1 saturated carbocycles. The van der Waals surface area contributed by atoms with Gasteiger partial charge in [-0.3, -0.25) is 0 Å². The van der Waals surface area contributed by atoms with Crippen molar-refractivity contribution in [3.63, 3.8) is 0 Å². The average molecular weight is 619 g/mol. The molecule has 4 aromatic rings. The third-order valence-corrected chi connectivity index (χ3v) is 8.68. The molecule has 3 aromatic carbocycles. The van der Waals surface area contributed by atoms with Crippen LogP contribution < -0.4 is 14.4 Å². The van der Waals surface area contributed by atoms with Crippen molar-refractivity contribution in [2.24, 2.45) is 0 Å². The number of halogens is 5. The number of anilines is 1.